The Kier molecular flexibility index (Phi) is 5.35. The predicted octanol–water partition coefficient (Wildman–Crippen LogP) is 5.57. The van der Waals surface area contributed by atoms with Gasteiger partial charge in [-0.1, -0.05) is 25.1 Å². The Balaban J connectivity index is 1.56. The molecule has 0 aliphatic heterocycles. The van der Waals surface area contributed by atoms with Crippen molar-refractivity contribution in [1.29, 1.82) is 0 Å². The molecule has 4 aromatic rings. The van der Waals surface area contributed by atoms with Crippen molar-refractivity contribution >= 4 is 39.3 Å². The maximum atomic E-state index is 6.21. The standard InChI is InChI=1S/C26H27N5O/c1-16-5-7-19(8-6-16)30-14-18(12-27)23-15-31-26(28)25-22(23)11-24(32-25)21-4-2-3-17-13-29-10-9-20(17)21/h2-4,9-16,19H,5-8,27H2,1H3,(H2,28,31). The number of nitrogens with two attached hydrogens (primary N) is 2. The molecule has 6 heteroatoms. The van der Waals surface area contributed by atoms with Crippen molar-refractivity contribution in [3.63, 3.8) is 0 Å². The van der Waals surface area contributed by atoms with Gasteiger partial charge in [0.2, 0.25) is 0 Å². The van der Waals surface area contributed by atoms with Crippen LogP contribution in [0.5, 0.6) is 0 Å². The monoisotopic (exact) mass is 425 g/mol. The molecule has 0 bridgehead atoms. The topological polar surface area (TPSA) is 103 Å². The lowest BCUT2D eigenvalue weighted by Gasteiger charge is -2.23. The number of hydrogen-bond donors (Lipinski definition) is 2. The minimum absolute atomic E-state index is 0.350. The highest BCUT2D eigenvalue weighted by Crippen LogP contribution is 2.37. The van der Waals surface area contributed by atoms with E-state index in [0.29, 0.717) is 17.4 Å². The average Bonchev–Trinajstić information content (AvgIpc) is 3.27. The molecule has 1 fully saturated rings. The van der Waals surface area contributed by atoms with Gasteiger partial charge in [0.05, 0.1) is 0 Å². The molecule has 3 heterocycles. The van der Waals surface area contributed by atoms with Gasteiger partial charge in [-0.2, -0.15) is 0 Å². The molecule has 32 heavy (non-hydrogen) atoms. The van der Waals surface area contributed by atoms with Gasteiger partial charge in [-0.05, 0) is 49.1 Å². The fourth-order valence-electron chi connectivity index (χ4n) is 4.52. The van der Waals surface area contributed by atoms with Crippen LogP contribution in [0.15, 0.2) is 64.5 Å². The van der Waals surface area contributed by atoms with Crippen LogP contribution >= 0.6 is 0 Å². The van der Waals surface area contributed by atoms with Crippen molar-refractivity contribution in [2.75, 3.05) is 5.73 Å². The van der Waals surface area contributed by atoms with Gasteiger partial charge in [-0.25, -0.2) is 4.98 Å². The maximum absolute atomic E-state index is 6.21. The first kappa shape index (κ1) is 20.2. The summed E-state index contributed by atoms with van der Waals surface area (Å²) in [5.74, 6) is 1.87. The number of aliphatic imine (C=N–C) groups is 1. The number of fused-ring (bicyclic) bond motifs is 2. The molecule has 5 rings (SSSR count). The van der Waals surface area contributed by atoms with E-state index >= 15 is 0 Å². The third-order valence-corrected chi connectivity index (χ3v) is 6.43. The summed E-state index contributed by atoms with van der Waals surface area (Å²) in [4.78, 5) is 13.4. The Bertz CT molecular complexity index is 1320. The van der Waals surface area contributed by atoms with E-state index in [9.17, 15) is 0 Å². The van der Waals surface area contributed by atoms with Crippen molar-refractivity contribution in [3.05, 3.63) is 60.7 Å². The largest absolute Gasteiger partial charge is 0.452 e. The summed E-state index contributed by atoms with van der Waals surface area (Å²) in [6, 6.07) is 10.4. The van der Waals surface area contributed by atoms with Crippen LogP contribution in [-0.4, -0.2) is 22.2 Å². The van der Waals surface area contributed by atoms with E-state index in [-0.39, 0.29) is 0 Å². The minimum atomic E-state index is 0.350. The van der Waals surface area contributed by atoms with Crippen LogP contribution in [0.1, 0.15) is 38.2 Å². The summed E-state index contributed by atoms with van der Waals surface area (Å²) in [6.07, 6.45) is 13.5. The van der Waals surface area contributed by atoms with E-state index in [4.69, 9.17) is 20.9 Å². The third-order valence-electron chi connectivity index (χ3n) is 6.43. The molecule has 1 saturated carbocycles. The molecule has 3 aromatic heterocycles. The molecule has 0 spiro atoms. The molecule has 6 nitrogen and oxygen atoms in total. The summed E-state index contributed by atoms with van der Waals surface area (Å²) < 4.78 is 6.21. The fourth-order valence-corrected chi connectivity index (χ4v) is 4.52. The molecule has 0 atom stereocenters. The first-order valence-electron chi connectivity index (χ1n) is 11.1. The fraction of sp³-hybridized carbons (Fsp3) is 0.269. The zero-order chi connectivity index (χ0) is 22.1. The van der Waals surface area contributed by atoms with E-state index in [1.807, 2.05) is 42.7 Å². The van der Waals surface area contributed by atoms with Gasteiger partial charge in [-0.15, -0.1) is 0 Å². The smallest absolute Gasteiger partial charge is 0.177 e. The van der Waals surface area contributed by atoms with Crippen molar-refractivity contribution in [2.24, 2.45) is 16.6 Å². The number of nitrogens with zero attached hydrogens (tertiary/aromatic N) is 3. The highest BCUT2D eigenvalue weighted by atomic mass is 16.3. The van der Waals surface area contributed by atoms with E-state index < -0.39 is 0 Å². The molecular formula is C26H27N5O. The second kappa shape index (κ2) is 8.46. The zero-order valence-electron chi connectivity index (χ0n) is 18.2. The minimum Gasteiger partial charge on any atom is -0.452 e. The number of pyridine rings is 2. The van der Waals surface area contributed by atoms with Gasteiger partial charge in [0.15, 0.2) is 11.4 Å². The number of aromatic nitrogens is 2. The lowest BCUT2D eigenvalue weighted by molar-refractivity contribution is 0.350. The summed E-state index contributed by atoms with van der Waals surface area (Å²) in [6.45, 7) is 2.31. The Labute approximate surface area is 187 Å². The molecular weight excluding hydrogens is 398 g/mol. The first-order valence-corrected chi connectivity index (χ1v) is 11.1. The van der Waals surface area contributed by atoms with Gasteiger partial charge in [0.25, 0.3) is 0 Å². The average molecular weight is 426 g/mol. The van der Waals surface area contributed by atoms with Crippen LogP contribution in [0.2, 0.25) is 0 Å². The first-order chi connectivity index (χ1) is 15.6. The maximum Gasteiger partial charge on any atom is 0.177 e. The van der Waals surface area contributed by atoms with Gasteiger partial charge in [-0.3, -0.25) is 9.98 Å². The SMILES string of the molecule is CC1CCC(N=CC(=CN)c2cnc(N)c3oc(-c4cccc5cnccc45)cc23)CC1. The van der Waals surface area contributed by atoms with Crippen molar-refractivity contribution in [3.8, 4) is 11.3 Å². The number of anilines is 1. The number of nitrogen functional groups attached to an aromatic ring is 1. The Hall–Kier alpha value is -3.67. The lowest BCUT2D eigenvalue weighted by Crippen LogP contribution is -2.15. The van der Waals surface area contributed by atoms with E-state index in [1.165, 1.54) is 12.8 Å². The molecule has 1 aliphatic rings. The molecule has 0 radical (unpaired) electrons. The Morgan fingerprint density at radius 1 is 1.12 bits per heavy atom. The van der Waals surface area contributed by atoms with Crippen LogP contribution in [-0.2, 0) is 0 Å². The molecule has 162 valence electrons. The van der Waals surface area contributed by atoms with Crippen LogP contribution in [0.3, 0.4) is 0 Å². The van der Waals surface area contributed by atoms with Crippen LogP contribution in [0, 0.1) is 5.92 Å². The van der Waals surface area contributed by atoms with Gasteiger partial charge in [0.1, 0.15) is 5.76 Å². The third kappa shape index (κ3) is 3.73. The Morgan fingerprint density at radius 2 is 1.97 bits per heavy atom. The molecule has 0 unspecified atom stereocenters. The normalized spacial score (nSPS) is 19.8. The van der Waals surface area contributed by atoms with E-state index in [2.05, 4.69) is 16.9 Å². The summed E-state index contributed by atoms with van der Waals surface area (Å²) in [5, 5.41) is 2.99. The number of furan rings is 1. The summed E-state index contributed by atoms with van der Waals surface area (Å²) >= 11 is 0. The second-order valence-corrected chi connectivity index (χ2v) is 8.63. The zero-order valence-corrected chi connectivity index (χ0v) is 18.2. The summed E-state index contributed by atoms with van der Waals surface area (Å²) in [5.41, 5.74) is 15.4. The predicted molar refractivity (Wildman–Crippen MR) is 131 cm³/mol. The second-order valence-electron chi connectivity index (χ2n) is 8.63. The highest BCUT2D eigenvalue weighted by molar-refractivity contribution is 6.15. The molecule has 0 amide bonds. The van der Waals surface area contributed by atoms with Crippen molar-refractivity contribution in [1.82, 2.24) is 9.97 Å². The number of allylic oxidation sites excluding steroid dienone is 1. The lowest BCUT2D eigenvalue weighted by atomic mass is 9.88. The van der Waals surface area contributed by atoms with Crippen LogP contribution < -0.4 is 11.5 Å². The van der Waals surface area contributed by atoms with Crippen LogP contribution in [0.4, 0.5) is 5.82 Å². The van der Waals surface area contributed by atoms with Gasteiger partial charge >= 0.3 is 0 Å². The Morgan fingerprint density at radius 3 is 2.78 bits per heavy atom. The van der Waals surface area contributed by atoms with Gasteiger partial charge < -0.3 is 15.9 Å². The molecule has 1 aromatic carbocycles. The summed E-state index contributed by atoms with van der Waals surface area (Å²) in [7, 11) is 0. The highest BCUT2D eigenvalue weighted by Gasteiger charge is 2.19. The van der Waals surface area contributed by atoms with Crippen LogP contribution in [0.25, 0.3) is 38.6 Å². The van der Waals surface area contributed by atoms with Crippen molar-refractivity contribution < 1.29 is 4.42 Å². The van der Waals surface area contributed by atoms with E-state index in [1.54, 1.807) is 18.6 Å². The quantitative estimate of drug-likeness (QED) is 0.416. The molecule has 4 N–H and O–H groups in total. The molecule has 1 aliphatic carbocycles. The number of benzene rings is 1. The number of rotatable bonds is 4. The van der Waals surface area contributed by atoms with Gasteiger partial charge in [0, 0.05) is 64.5 Å². The van der Waals surface area contributed by atoms with E-state index in [0.717, 1.165) is 57.4 Å². The van der Waals surface area contributed by atoms with Crippen molar-refractivity contribution in [2.45, 2.75) is 38.6 Å². The number of hydrogen-bond acceptors (Lipinski definition) is 6. The molecule has 0 saturated heterocycles.